The Balaban J connectivity index is 1.74. The zero-order valence-electron chi connectivity index (χ0n) is 16.0. The molecule has 0 saturated heterocycles. The van der Waals surface area contributed by atoms with Gasteiger partial charge < -0.3 is 19.1 Å². The number of methoxy groups -OCH3 is 1. The Morgan fingerprint density at radius 3 is 2.92 bits per heavy atom. The molecule has 4 rings (SSSR count). The summed E-state index contributed by atoms with van der Waals surface area (Å²) in [6, 6.07) is 4.16. The van der Waals surface area contributed by atoms with Crippen LogP contribution in [-0.2, 0) is 21.5 Å². The Kier molecular flexibility index (Phi) is 4.22. The predicted molar refractivity (Wildman–Crippen MR) is 98.5 cm³/mol. The van der Waals surface area contributed by atoms with Crippen molar-refractivity contribution in [2.75, 3.05) is 20.7 Å². The minimum atomic E-state index is -0.231. The van der Waals surface area contributed by atoms with Crippen molar-refractivity contribution in [3.63, 3.8) is 0 Å². The van der Waals surface area contributed by atoms with Crippen molar-refractivity contribution in [2.45, 2.75) is 50.9 Å². The average molecular weight is 357 g/mol. The first-order chi connectivity index (χ1) is 12.4. The predicted octanol–water partition coefficient (Wildman–Crippen LogP) is 3.06. The van der Waals surface area contributed by atoms with E-state index >= 15 is 0 Å². The standard InChI is InChI=1S/C21H27NO4/c1-13(2)20(23)25-15-7-8-21-9-10-22(3)12-14-5-6-16(24-4)19(18(14)21)26-17(21)11-15/h5-8,13,15,17H,9-12H2,1-4H3/t15-,17-,21-/m0/s1. The van der Waals surface area contributed by atoms with Gasteiger partial charge in [0.05, 0.1) is 18.4 Å². The summed E-state index contributed by atoms with van der Waals surface area (Å²) in [6.07, 6.45) is 5.69. The number of nitrogens with zero attached hydrogens (tertiary/aromatic N) is 1. The highest BCUT2D eigenvalue weighted by atomic mass is 16.6. The molecule has 0 fully saturated rings. The molecule has 3 aliphatic rings. The highest BCUT2D eigenvalue weighted by Gasteiger charge is 2.53. The molecule has 3 atom stereocenters. The summed E-state index contributed by atoms with van der Waals surface area (Å²) in [5.41, 5.74) is 2.40. The van der Waals surface area contributed by atoms with Gasteiger partial charge in [0.15, 0.2) is 11.5 Å². The van der Waals surface area contributed by atoms with E-state index in [4.69, 9.17) is 14.2 Å². The van der Waals surface area contributed by atoms with Crippen LogP contribution in [0.25, 0.3) is 0 Å². The van der Waals surface area contributed by atoms with Gasteiger partial charge in [-0.05, 0) is 37.7 Å². The smallest absolute Gasteiger partial charge is 0.308 e. The summed E-state index contributed by atoms with van der Waals surface area (Å²) in [5.74, 6) is 1.36. The number of carbonyl (C=O) groups is 1. The van der Waals surface area contributed by atoms with Gasteiger partial charge in [-0.1, -0.05) is 26.0 Å². The Morgan fingerprint density at radius 1 is 1.38 bits per heavy atom. The molecule has 1 aromatic carbocycles. The lowest BCUT2D eigenvalue weighted by Crippen LogP contribution is -2.44. The van der Waals surface area contributed by atoms with E-state index in [1.54, 1.807) is 7.11 Å². The maximum atomic E-state index is 12.0. The molecule has 0 amide bonds. The van der Waals surface area contributed by atoms with E-state index in [-0.39, 0.29) is 29.5 Å². The van der Waals surface area contributed by atoms with Gasteiger partial charge in [0.2, 0.25) is 0 Å². The maximum absolute atomic E-state index is 12.0. The third-order valence-electron chi connectivity index (χ3n) is 5.87. The number of benzene rings is 1. The van der Waals surface area contributed by atoms with Crippen LogP contribution >= 0.6 is 0 Å². The third kappa shape index (κ3) is 2.60. The maximum Gasteiger partial charge on any atom is 0.308 e. The molecule has 2 aliphatic heterocycles. The largest absolute Gasteiger partial charge is 0.493 e. The summed E-state index contributed by atoms with van der Waals surface area (Å²) in [4.78, 5) is 14.4. The first kappa shape index (κ1) is 17.4. The van der Waals surface area contributed by atoms with Gasteiger partial charge in [-0.3, -0.25) is 4.79 Å². The quantitative estimate of drug-likeness (QED) is 0.615. The first-order valence-electron chi connectivity index (χ1n) is 9.40. The van der Waals surface area contributed by atoms with Crippen LogP contribution in [0.1, 0.15) is 37.8 Å². The molecular formula is C21H27NO4. The lowest BCUT2D eigenvalue weighted by molar-refractivity contribution is -0.152. The molecule has 0 bridgehead atoms. The molecule has 5 nitrogen and oxygen atoms in total. The zero-order valence-corrected chi connectivity index (χ0v) is 16.0. The fourth-order valence-corrected chi connectivity index (χ4v) is 4.44. The van der Waals surface area contributed by atoms with Crippen LogP contribution in [0.5, 0.6) is 11.5 Å². The number of ether oxygens (including phenoxy) is 3. The molecule has 1 spiro atoms. The molecule has 0 saturated carbocycles. The molecule has 0 N–H and O–H groups in total. The van der Waals surface area contributed by atoms with Crippen LogP contribution in [0.15, 0.2) is 24.3 Å². The van der Waals surface area contributed by atoms with E-state index in [9.17, 15) is 4.79 Å². The number of hydrogen-bond donors (Lipinski definition) is 0. The molecule has 1 aliphatic carbocycles. The number of rotatable bonds is 3. The van der Waals surface area contributed by atoms with Crippen molar-refractivity contribution in [3.8, 4) is 11.5 Å². The van der Waals surface area contributed by atoms with E-state index in [1.807, 2.05) is 19.9 Å². The molecular weight excluding hydrogens is 330 g/mol. The van der Waals surface area contributed by atoms with E-state index in [1.165, 1.54) is 11.1 Å². The van der Waals surface area contributed by atoms with Gasteiger partial charge in [-0.25, -0.2) is 0 Å². The molecule has 0 radical (unpaired) electrons. The number of esters is 1. The molecule has 5 heteroatoms. The van der Waals surface area contributed by atoms with Crippen LogP contribution in [0, 0.1) is 5.92 Å². The molecule has 0 aromatic heterocycles. The Bertz CT molecular complexity index is 757. The van der Waals surface area contributed by atoms with Crippen molar-refractivity contribution in [3.05, 3.63) is 35.4 Å². The Morgan fingerprint density at radius 2 is 2.19 bits per heavy atom. The van der Waals surface area contributed by atoms with Crippen LogP contribution < -0.4 is 9.47 Å². The van der Waals surface area contributed by atoms with Crippen LogP contribution in [0.4, 0.5) is 0 Å². The van der Waals surface area contributed by atoms with Gasteiger partial charge in [-0.15, -0.1) is 0 Å². The first-order valence-corrected chi connectivity index (χ1v) is 9.40. The van der Waals surface area contributed by atoms with Crippen LogP contribution in [-0.4, -0.2) is 43.8 Å². The van der Waals surface area contributed by atoms with Crippen molar-refractivity contribution in [1.29, 1.82) is 0 Å². The topological polar surface area (TPSA) is 48.0 Å². The normalized spacial score (nSPS) is 29.6. The lowest BCUT2D eigenvalue weighted by atomic mass is 9.69. The van der Waals surface area contributed by atoms with Gasteiger partial charge >= 0.3 is 5.97 Å². The molecule has 140 valence electrons. The van der Waals surface area contributed by atoms with Crippen molar-refractivity contribution in [2.24, 2.45) is 5.92 Å². The summed E-state index contributed by atoms with van der Waals surface area (Å²) < 4.78 is 17.7. The SMILES string of the molecule is COc1ccc2c3c1O[C@H]1C[C@@H](OC(=O)C(C)C)C=C[C@@]31CCN(C)C2. The van der Waals surface area contributed by atoms with E-state index < -0.39 is 0 Å². The molecule has 26 heavy (non-hydrogen) atoms. The van der Waals surface area contributed by atoms with E-state index in [2.05, 4.69) is 30.2 Å². The second-order valence-electron chi connectivity index (χ2n) is 7.99. The monoisotopic (exact) mass is 357 g/mol. The Hall–Kier alpha value is -2.01. The average Bonchev–Trinajstić information content (AvgIpc) is 2.87. The highest BCUT2D eigenvalue weighted by Crippen LogP contribution is 2.55. The summed E-state index contributed by atoms with van der Waals surface area (Å²) in [6.45, 7) is 5.62. The van der Waals surface area contributed by atoms with Crippen molar-refractivity contribution >= 4 is 5.97 Å². The van der Waals surface area contributed by atoms with Gasteiger partial charge in [-0.2, -0.15) is 0 Å². The van der Waals surface area contributed by atoms with Crippen LogP contribution in [0.2, 0.25) is 0 Å². The zero-order chi connectivity index (χ0) is 18.5. The second kappa shape index (κ2) is 6.31. The second-order valence-corrected chi connectivity index (χ2v) is 7.99. The highest BCUT2D eigenvalue weighted by molar-refractivity contribution is 5.72. The minimum Gasteiger partial charge on any atom is -0.493 e. The molecule has 1 aromatic rings. The van der Waals surface area contributed by atoms with E-state index in [0.29, 0.717) is 6.42 Å². The summed E-state index contributed by atoms with van der Waals surface area (Å²) >= 11 is 0. The van der Waals surface area contributed by atoms with Gasteiger partial charge in [0.1, 0.15) is 12.2 Å². The minimum absolute atomic E-state index is 0.0333. The summed E-state index contributed by atoms with van der Waals surface area (Å²) in [7, 11) is 3.84. The third-order valence-corrected chi connectivity index (χ3v) is 5.87. The molecule has 0 unspecified atom stereocenters. The van der Waals surface area contributed by atoms with Crippen LogP contribution in [0.3, 0.4) is 0 Å². The number of hydrogen-bond acceptors (Lipinski definition) is 5. The Labute approximate surface area is 154 Å². The van der Waals surface area contributed by atoms with E-state index in [0.717, 1.165) is 31.0 Å². The van der Waals surface area contributed by atoms with Gasteiger partial charge in [0.25, 0.3) is 0 Å². The van der Waals surface area contributed by atoms with Crippen molar-refractivity contribution in [1.82, 2.24) is 4.90 Å². The fourth-order valence-electron chi connectivity index (χ4n) is 4.44. The lowest BCUT2D eigenvalue weighted by Gasteiger charge is -2.36. The van der Waals surface area contributed by atoms with Gasteiger partial charge in [0, 0.05) is 18.5 Å². The number of carbonyl (C=O) groups excluding carboxylic acids is 1. The summed E-state index contributed by atoms with van der Waals surface area (Å²) in [5, 5.41) is 0. The van der Waals surface area contributed by atoms with Crippen molar-refractivity contribution < 1.29 is 19.0 Å². The molecule has 2 heterocycles. The fraction of sp³-hybridized carbons (Fsp3) is 0.571.